The van der Waals surface area contributed by atoms with Crippen LogP contribution in [0.5, 0.6) is 5.75 Å². The van der Waals surface area contributed by atoms with Gasteiger partial charge in [0.2, 0.25) is 5.91 Å². The van der Waals surface area contributed by atoms with E-state index in [9.17, 15) is 4.79 Å². The molecule has 21 heavy (non-hydrogen) atoms. The van der Waals surface area contributed by atoms with Gasteiger partial charge in [-0.2, -0.15) is 0 Å². The fraction of sp³-hybridized carbons (Fsp3) is 0.562. The van der Waals surface area contributed by atoms with E-state index >= 15 is 0 Å². The number of methoxy groups -OCH3 is 2. The van der Waals surface area contributed by atoms with Crippen molar-refractivity contribution in [3.63, 3.8) is 0 Å². The molecule has 1 aromatic rings. The number of carbonyl (C=O) groups excluding carboxylic acids is 1. The number of hydrogen-bond donors (Lipinski definition) is 1. The summed E-state index contributed by atoms with van der Waals surface area (Å²) in [5.74, 6) is 0.927. The van der Waals surface area contributed by atoms with Crippen LogP contribution in [0.3, 0.4) is 0 Å². The first-order valence-corrected chi connectivity index (χ1v) is 7.33. The summed E-state index contributed by atoms with van der Waals surface area (Å²) in [5, 5.41) is 3.41. The molecule has 3 unspecified atom stereocenters. The summed E-state index contributed by atoms with van der Waals surface area (Å²) in [6.07, 6.45) is 0.637. The lowest BCUT2D eigenvalue weighted by atomic mass is 10.1. The summed E-state index contributed by atoms with van der Waals surface area (Å²) in [7, 11) is 3.30. The van der Waals surface area contributed by atoms with E-state index in [1.165, 1.54) is 0 Å². The van der Waals surface area contributed by atoms with Crippen molar-refractivity contribution in [1.82, 2.24) is 10.2 Å². The quantitative estimate of drug-likeness (QED) is 0.870. The predicted octanol–water partition coefficient (Wildman–Crippen LogP) is 1.94. The topological polar surface area (TPSA) is 50.8 Å². The van der Waals surface area contributed by atoms with E-state index in [0.717, 1.165) is 17.7 Å². The summed E-state index contributed by atoms with van der Waals surface area (Å²) >= 11 is 0. The summed E-state index contributed by atoms with van der Waals surface area (Å²) < 4.78 is 10.5. The second kappa shape index (κ2) is 6.91. The van der Waals surface area contributed by atoms with Gasteiger partial charge < -0.3 is 14.4 Å². The Morgan fingerprint density at radius 2 is 2.14 bits per heavy atom. The number of nitrogens with one attached hydrogen (secondary N) is 1. The highest BCUT2D eigenvalue weighted by molar-refractivity contribution is 5.84. The summed E-state index contributed by atoms with van der Waals surface area (Å²) in [4.78, 5) is 14.4. The lowest BCUT2D eigenvalue weighted by Gasteiger charge is -2.30. The molecule has 116 valence electrons. The number of nitrogens with zero attached hydrogens (tertiary/aromatic N) is 1. The van der Waals surface area contributed by atoms with Gasteiger partial charge in [0.15, 0.2) is 0 Å². The van der Waals surface area contributed by atoms with Crippen LogP contribution in [-0.2, 0) is 9.53 Å². The monoisotopic (exact) mass is 292 g/mol. The van der Waals surface area contributed by atoms with Gasteiger partial charge in [0.05, 0.1) is 25.8 Å². The third-order valence-electron chi connectivity index (χ3n) is 3.89. The molecular weight excluding hydrogens is 268 g/mol. The number of ether oxygens (including phenoxy) is 2. The molecule has 1 fully saturated rings. The molecule has 0 saturated carbocycles. The summed E-state index contributed by atoms with van der Waals surface area (Å²) in [5.41, 5.74) is 1.03. The third kappa shape index (κ3) is 3.19. The Morgan fingerprint density at radius 1 is 1.38 bits per heavy atom. The van der Waals surface area contributed by atoms with Crippen molar-refractivity contribution in [2.45, 2.75) is 38.5 Å². The van der Waals surface area contributed by atoms with Gasteiger partial charge in [-0.3, -0.25) is 10.1 Å². The van der Waals surface area contributed by atoms with Gasteiger partial charge in [0.1, 0.15) is 11.9 Å². The number of benzene rings is 1. The molecule has 0 radical (unpaired) electrons. The van der Waals surface area contributed by atoms with Gasteiger partial charge in [-0.1, -0.05) is 19.1 Å². The minimum Gasteiger partial charge on any atom is -0.497 e. The van der Waals surface area contributed by atoms with Crippen molar-refractivity contribution < 1.29 is 14.3 Å². The maximum absolute atomic E-state index is 12.6. The van der Waals surface area contributed by atoms with Crippen LogP contribution in [0.4, 0.5) is 0 Å². The molecule has 1 aliphatic heterocycles. The van der Waals surface area contributed by atoms with Crippen LogP contribution >= 0.6 is 0 Å². The highest BCUT2D eigenvalue weighted by atomic mass is 16.5. The Labute approximate surface area is 126 Å². The highest BCUT2D eigenvalue weighted by Gasteiger charge is 2.41. The average molecular weight is 292 g/mol. The molecule has 3 atom stereocenters. The molecule has 1 aromatic carbocycles. The second-order valence-corrected chi connectivity index (χ2v) is 5.36. The van der Waals surface area contributed by atoms with Gasteiger partial charge in [0.25, 0.3) is 0 Å². The summed E-state index contributed by atoms with van der Waals surface area (Å²) in [6.45, 7) is 4.54. The van der Waals surface area contributed by atoms with Crippen molar-refractivity contribution in [3.05, 3.63) is 29.8 Å². The van der Waals surface area contributed by atoms with Crippen molar-refractivity contribution in [3.8, 4) is 5.75 Å². The van der Waals surface area contributed by atoms with Crippen LogP contribution in [0.1, 0.15) is 32.0 Å². The Hall–Kier alpha value is -1.59. The molecule has 1 N–H and O–H groups in total. The molecule has 2 rings (SSSR count). The first-order chi connectivity index (χ1) is 10.1. The maximum atomic E-state index is 12.6. The zero-order valence-electron chi connectivity index (χ0n) is 13.1. The zero-order valence-corrected chi connectivity index (χ0v) is 13.1. The van der Waals surface area contributed by atoms with Gasteiger partial charge >= 0.3 is 0 Å². The summed E-state index contributed by atoms with van der Waals surface area (Å²) in [6, 6.07) is 7.70. The minimum atomic E-state index is -0.138. The van der Waals surface area contributed by atoms with E-state index in [0.29, 0.717) is 6.61 Å². The van der Waals surface area contributed by atoms with Gasteiger partial charge in [-0.15, -0.1) is 0 Å². The van der Waals surface area contributed by atoms with Gasteiger partial charge in [0, 0.05) is 7.11 Å². The van der Waals surface area contributed by atoms with Crippen LogP contribution in [-0.4, -0.2) is 43.7 Å². The van der Waals surface area contributed by atoms with E-state index in [2.05, 4.69) is 5.32 Å². The Balaban J connectivity index is 2.31. The van der Waals surface area contributed by atoms with Crippen LogP contribution in [0.2, 0.25) is 0 Å². The first kappa shape index (κ1) is 15.8. The van der Waals surface area contributed by atoms with E-state index in [1.54, 1.807) is 14.2 Å². The van der Waals surface area contributed by atoms with E-state index < -0.39 is 0 Å². The van der Waals surface area contributed by atoms with Crippen LogP contribution in [0.25, 0.3) is 0 Å². The molecule has 1 heterocycles. The van der Waals surface area contributed by atoms with Crippen molar-refractivity contribution >= 4 is 5.91 Å². The Bertz CT molecular complexity index is 492. The number of rotatable bonds is 6. The van der Waals surface area contributed by atoms with Crippen LogP contribution < -0.4 is 10.1 Å². The number of hydrogen-bond acceptors (Lipinski definition) is 4. The molecule has 0 aliphatic carbocycles. The first-order valence-electron chi connectivity index (χ1n) is 7.33. The fourth-order valence-corrected chi connectivity index (χ4v) is 2.80. The van der Waals surface area contributed by atoms with Crippen LogP contribution in [0.15, 0.2) is 24.3 Å². The fourth-order valence-electron chi connectivity index (χ4n) is 2.80. The second-order valence-electron chi connectivity index (χ2n) is 5.36. The molecule has 0 bridgehead atoms. The SMILES string of the molecule is CCC1NC(c2cccc(OC)c2)N(C(C)COC)C1=O. The van der Waals surface area contributed by atoms with Gasteiger partial charge in [-0.25, -0.2) is 0 Å². The molecule has 1 aliphatic rings. The molecule has 0 aromatic heterocycles. The lowest BCUT2D eigenvalue weighted by molar-refractivity contribution is -0.133. The lowest BCUT2D eigenvalue weighted by Crippen LogP contribution is -2.40. The van der Waals surface area contributed by atoms with Crippen LogP contribution in [0, 0.1) is 0 Å². The zero-order chi connectivity index (χ0) is 15.4. The van der Waals surface area contributed by atoms with E-state index in [-0.39, 0.29) is 24.2 Å². The molecule has 1 amide bonds. The maximum Gasteiger partial charge on any atom is 0.241 e. The average Bonchev–Trinajstić information content (AvgIpc) is 2.84. The van der Waals surface area contributed by atoms with Gasteiger partial charge in [-0.05, 0) is 31.0 Å². The Kier molecular flexibility index (Phi) is 5.20. The molecular formula is C16H24N2O3. The molecule has 5 heteroatoms. The van der Waals surface area contributed by atoms with E-state index in [1.807, 2.05) is 43.0 Å². The normalized spacial score (nSPS) is 23.4. The molecule has 5 nitrogen and oxygen atoms in total. The Morgan fingerprint density at radius 3 is 2.76 bits per heavy atom. The third-order valence-corrected chi connectivity index (χ3v) is 3.89. The van der Waals surface area contributed by atoms with E-state index in [4.69, 9.17) is 9.47 Å². The van der Waals surface area contributed by atoms with Crippen molar-refractivity contribution in [1.29, 1.82) is 0 Å². The number of carbonyl (C=O) groups is 1. The van der Waals surface area contributed by atoms with Crippen molar-refractivity contribution in [2.75, 3.05) is 20.8 Å². The molecule has 1 saturated heterocycles. The number of amides is 1. The molecule has 0 spiro atoms. The van der Waals surface area contributed by atoms with Crippen molar-refractivity contribution in [2.24, 2.45) is 0 Å². The smallest absolute Gasteiger partial charge is 0.241 e. The minimum absolute atomic E-state index is 0.0164. The largest absolute Gasteiger partial charge is 0.497 e. The highest BCUT2D eigenvalue weighted by Crippen LogP contribution is 2.30. The predicted molar refractivity (Wildman–Crippen MR) is 81.1 cm³/mol. The standard InChI is InChI=1S/C16H24N2O3/c1-5-14-16(19)18(11(2)10-20-3)15(17-14)12-7-6-8-13(9-12)21-4/h6-9,11,14-15,17H,5,10H2,1-4H3.